The summed E-state index contributed by atoms with van der Waals surface area (Å²) >= 11 is 0. The van der Waals surface area contributed by atoms with E-state index in [4.69, 9.17) is 10.2 Å². The summed E-state index contributed by atoms with van der Waals surface area (Å²) in [7, 11) is 1.84. The van der Waals surface area contributed by atoms with E-state index < -0.39 is 0 Å². The second kappa shape index (κ2) is 4.56. The highest BCUT2D eigenvalue weighted by atomic mass is 16.3. The van der Waals surface area contributed by atoms with E-state index >= 15 is 0 Å². The zero-order valence-electron chi connectivity index (χ0n) is 11.8. The van der Waals surface area contributed by atoms with E-state index in [1.807, 2.05) is 38.2 Å². The Bertz CT molecular complexity index is 768. The summed E-state index contributed by atoms with van der Waals surface area (Å²) in [6.45, 7) is 3.99. The maximum absolute atomic E-state index is 6.21. The average Bonchev–Trinajstić information content (AvgIpc) is 2.96. The first-order valence-electron chi connectivity index (χ1n) is 6.53. The Labute approximate surface area is 117 Å². The van der Waals surface area contributed by atoms with Crippen molar-refractivity contribution in [2.24, 2.45) is 7.05 Å². The fourth-order valence-corrected chi connectivity index (χ4v) is 2.39. The standard InChI is InChI=1S/C16H17N3O/c1-10-6-4-5-7-12(10)14-15(18-19(3)16(14)17)13-9-8-11(2)20-13/h4-9H,17H2,1-3H3. The van der Waals surface area contributed by atoms with Crippen LogP contribution in [0.5, 0.6) is 0 Å². The highest BCUT2D eigenvalue weighted by Gasteiger charge is 2.20. The lowest BCUT2D eigenvalue weighted by Crippen LogP contribution is -1.98. The van der Waals surface area contributed by atoms with Crippen LogP contribution < -0.4 is 5.73 Å². The number of hydrogen-bond donors (Lipinski definition) is 1. The van der Waals surface area contributed by atoms with Crippen LogP contribution in [0.15, 0.2) is 40.8 Å². The van der Waals surface area contributed by atoms with Crippen LogP contribution in [0, 0.1) is 13.8 Å². The molecule has 2 aromatic heterocycles. The van der Waals surface area contributed by atoms with Crippen molar-refractivity contribution in [2.75, 3.05) is 5.73 Å². The fraction of sp³-hybridized carbons (Fsp3) is 0.188. The molecule has 0 bridgehead atoms. The van der Waals surface area contributed by atoms with Crippen molar-refractivity contribution >= 4 is 5.82 Å². The Balaban J connectivity index is 2.28. The van der Waals surface area contributed by atoms with E-state index in [0.29, 0.717) is 5.82 Å². The molecule has 0 spiro atoms. The van der Waals surface area contributed by atoms with E-state index in [1.165, 1.54) is 0 Å². The number of anilines is 1. The zero-order chi connectivity index (χ0) is 14.3. The van der Waals surface area contributed by atoms with E-state index in [0.717, 1.165) is 33.9 Å². The van der Waals surface area contributed by atoms with Crippen LogP contribution in [0.25, 0.3) is 22.6 Å². The number of aromatic nitrogens is 2. The molecule has 0 amide bonds. The number of rotatable bonds is 2. The van der Waals surface area contributed by atoms with Crippen LogP contribution in [0.1, 0.15) is 11.3 Å². The third-order valence-electron chi connectivity index (χ3n) is 3.48. The molecule has 4 heteroatoms. The van der Waals surface area contributed by atoms with Crippen molar-refractivity contribution in [3.05, 3.63) is 47.7 Å². The SMILES string of the molecule is Cc1ccc(-c2nn(C)c(N)c2-c2ccccc2C)o1. The first-order chi connectivity index (χ1) is 9.58. The molecule has 3 rings (SSSR count). The topological polar surface area (TPSA) is 57.0 Å². The van der Waals surface area contributed by atoms with Crippen molar-refractivity contribution in [1.82, 2.24) is 9.78 Å². The molecule has 0 saturated heterocycles. The van der Waals surface area contributed by atoms with Gasteiger partial charge in [0.05, 0.1) is 5.56 Å². The van der Waals surface area contributed by atoms with Crippen molar-refractivity contribution < 1.29 is 4.42 Å². The van der Waals surface area contributed by atoms with Gasteiger partial charge >= 0.3 is 0 Å². The van der Waals surface area contributed by atoms with Gasteiger partial charge in [0.2, 0.25) is 0 Å². The lowest BCUT2D eigenvalue weighted by molar-refractivity contribution is 0.545. The molecule has 0 fully saturated rings. The van der Waals surface area contributed by atoms with Crippen LogP contribution in [0.4, 0.5) is 5.82 Å². The summed E-state index contributed by atoms with van der Waals surface area (Å²) in [6, 6.07) is 12.0. The summed E-state index contributed by atoms with van der Waals surface area (Å²) in [5.41, 5.74) is 10.2. The average molecular weight is 267 g/mol. The molecular formula is C16H17N3O. The maximum Gasteiger partial charge on any atom is 0.155 e. The van der Waals surface area contributed by atoms with Crippen molar-refractivity contribution in [1.29, 1.82) is 0 Å². The molecule has 2 N–H and O–H groups in total. The molecule has 1 aromatic carbocycles. The van der Waals surface area contributed by atoms with E-state index in [2.05, 4.69) is 24.2 Å². The summed E-state index contributed by atoms with van der Waals surface area (Å²) < 4.78 is 7.40. The van der Waals surface area contributed by atoms with Gasteiger partial charge in [-0.2, -0.15) is 5.10 Å². The van der Waals surface area contributed by atoms with E-state index in [1.54, 1.807) is 4.68 Å². The minimum Gasteiger partial charge on any atom is -0.460 e. The van der Waals surface area contributed by atoms with Crippen LogP contribution in [0.2, 0.25) is 0 Å². The molecule has 0 aliphatic carbocycles. The highest BCUT2D eigenvalue weighted by molar-refractivity contribution is 5.88. The number of nitrogens with two attached hydrogens (primary N) is 1. The quantitative estimate of drug-likeness (QED) is 0.772. The van der Waals surface area contributed by atoms with Crippen LogP contribution in [-0.4, -0.2) is 9.78 Å². The number of benzene rings is 1. The fourth-order valence-electron chi connectivity index (χ4n) is 2.39. The van der Waals surface area contributed by atoms with Gasteiger partial charge in [-0.1, -0.05) is 24.3 Å². The Kier molecular flexibility index (Phi) is 2.86. The lowest BCUT2D eigenvalue weighted by atomic mass is 9.99. The number of hydrogen-bond acceptors (Lipinski definition) is 3. The number of furan rings is 1. The van der Waals surface area contributed by atoms with Gasteiger partial charge in [0, 0.05) is 7.05 Å². The molecule has 4 nitrogen and oxygen atoms in total. The smallest absolute Gasteiger partial charge is 0.155 e. The number of nitrogen functional groups attached to an aromatic ring is 1. The van der Waals surface area contributed by atoms with Crippen LogP contribution in [-0.2, 0) is 7.05 Å². The molecule has 102 valence electrons. The highest BCUT2D eigenvalue weighted by Crippen LogP contribution is 2.37. The Morgan fingerprint density at radius 3 is 2.50 bits per heavy atom. The van der Waals surface area contributed by atoms with Crippen molar-refractivity contribution in [3.8, 4) is 22.6 Å². The Hall–Kier alpha value is -2.49. The van der Waals surface area contributed by atoms with Gasteiger partial charge < -0.3 is 10.2 Å². The van der Waals surface area contributed by atoms with Crippen LogP contribution >= 0.6 is 0 Å². The molecule has 0 aliphatic rings. The maximum atomic E-state index is 6.21. The van der Waals surface area contributed by atoms with Gasteiger partial charge in [0.25, 0.3) is 0 Å². The summed E-state index contributed by atoms with van der Waals surface area (Å²) in [5, 5.41) is 4.51. The predicted octanol–water partition coefficient (Wildman–Crippen LogP) is 3.55. The molecule has 0 atom stereocenters. The van der Waals surface area contributed by atoms with Gasteiger partial charge in [-0.25, -0.2) is 0 Å². The zero-order valence-corrected chi connectivity index (χ0v) is 11.8. The third-order valence-corrected chi connectivity index (χ3v) is 3.48. The van der Waals surface area contributed by atoms with Gasteiger partial charge in [0.15, 0.2) is 5.76 Å². The predicted molar refractivity (Wildman–Crippen MR) is 80.2 cm³/mol. The molecule has 20 heavy (non-hydrogen) atoms. The van der Waals surface area contributed by atoms with Gasteiger partial charge in [-0.05, 0) is 37.1 Å². The summed E-state index contributed by atoms with van der Waals surface area (Å²) in [6.07, 6.45) is 0. The van der Waals surface area contributed by atoms with Crippen molar-refractivity contribution in [2.45, 2.75) is 13.8 Å². The molecule has 2 heterocycles. The molecule has 3 aromatic rings. The van der Waals surface area contributed by atoms with E-state index in [-0.39, 0.29) is 0 Å². The van der Waals surface area contributed by atoms with Gasteiger partial charge in [-0.3, -0.25) is 4.68 Å². The first kappa shape index (κ1) is 12.5. The monoisotopic (exact) mass is 267 g/mol. The second-order valence-corrected chi connectivity index (χ2v) is 4.96. The largest absolute Gasteiger partial charge is 0.460 e. The van der Waals surface area contributed by atoms with Gasteiger partial charge in [-0.15, -0.1) is 0 Å². The number of aryl methyl sites for hydroxylation is 3. The Morgan fingerprint density at radius 1 is 1.10 bits per heavy atom. The third kappa shape index (κ3) is 1.90. The first-order valence-corrected chi connectivity index (χ1v) is 6.53. The molecule has 0 saturated carbocycles. The van der Waals surface area contributed by atoms with E-state index in [9.17, 15) is 0 Å². The lowest BCUT2D eigenvalue weighted by Gasteiger charge is -2.06. The minimum atomic E-state index is 0.642. The number of nitrogens with zero attached hydrogens (tertiary/aromatic N) is 2. The molecular weight excluding hydrogens is 250 g/mol. The van der Waals surface area contributed by atoms with Gasteiger partial charge in [0.1, 0.15) is 17.3 Å². The molecule has 0 radical (unpaired) electrons. The summed E-state index contributed by atoms with van der Waals surface area (Å²) in [4.78, 5) is 0. The van der Waals surface area contributed by atoms with Crippen LogP contribution in [0.3, 0.4) is 0 Å². The molecule has 0 unspecified atom stereocenters. The normalized spacial score (nSPS) is 10.9. The Morgan fingerprint density at radius 2 is 1.85 bits per heavy atom. The molecule has 0 aliphatic heterocycles. The summed E-state index contributed by atoms with van der Waals surface area (Å²) in [5.74, 6) is 2.25. The minimum absolute atomic E-state index is 0.642. The van der Waals surface area contributed by atoms with Crippen molar-refractivity contribution in [3.63, 3.8) is 0 Å². The second-order valence-electron chi connectivity index (χ2n) is 4.96.